The Bertz CT molecular complexity index is 776. The molecule has 9 heteroatoms. The summed E-state index contributed by atoms with van der Waals surface area (Å²) in [5.41, 5.74) is 1.25. The number of β-amino-alcohol motifs (C(OH)–C–C–N with tert-alkyl or cyclic N) is 1. The average molecular weight is 528 g/mol. The second-order valence-electron chi connectivity index (χ2n) is 7.55. The van der Waals surface area contributed by atoms with Crippen LogP contribution in [0.15, 0.2) is 47.7 Å². The van der Waals surface area contributed by atoms with Gasteiger partial charge in [0.1, 0.15) is 0 Å². The Hall–Kier alpha value is -1.69. The van der Waals surface area contributed by atoms with Crippen LogP contribution in [-0.2, 0) is 11.3 Å². The van der Waals surface area contributed by atoms with Gasteiger partial charge in [-0.1, -0.05) is 12.1 Å². The van der Waals surface area contributed by atoms with Gasteiger partial charge >= 0.3 is 0 Å². The summed E-state index contributed by atoms with van der Waals surface area (Å²) in [7, 11) is 0. The number of hydrogen-bond donors (Lipinski definition) is 3. The highest BCUT2D eigenvalue weighted by molar-refractivity contribution is 14.0. The van der Waals surface area contributed by atoms with Crippen molar-refractivity contribution < 1.29 is 9.84 Å². The number of benzene rings is 1. The van der Waals surface area contributed by atoms with Gasteiger partial charge in [0, 0.05) is 45.1 Å². The second-order valence-corrected chi connectivity index (χ2v) is 7.55. The molecule has 8 nitrogen and oxygen atoms in total. The molecule has 0 amide bonds. The number of ether oxygens (including phenoxy) is 1. The fourth-order valence-corrected chi connectivity index (χ4v) is 3.30. The molecule has 1 aliphatic heterocycles. The molecule has 2 heterocycles. The van der Waals surface area contributed by atoms with Gasteiger partial charge in [0.05, 0.1) is 31.0 Å². The van der Waals surface area contributed by atoms with Crippen molar-refractivity contribution in [3.8, 4) is 5.69 Å². The van der Waals surface area contributed by atoms with Crippen LogP contribution in [-0.4, -0.2) is 77.3 Å². The number of nitrogens with one attached hydrogen (secondary N) is 2. The van der Waals surface area contributed by atoms with E-state index in [2.05, 4.69) is 37.8 Å². The Morgan fingerprint density at radius 3 is 2.77 bits per heavy atom. The number of aliphatic imine (C=N–C) groups is 1. The van der Waals surface area contributed by atoms with Crippen LogP contribution < -0.4 is 10.6 Å². The topological polar surface area (TPSA) is 86.9 Å². The molecule has 1 atom stereocenters. The molecule has 1 aromatic carbocycles. The van der Waals surface area contributed by atoms with E-state index >= 15 is 0 Å². The molecule has 166 valence electrons. The third kappa shape index (κ3) is 7.86. The molecule has 3 rings (SSSR count). The first-order valence-electron chi connectivity index (χ1n) is 10.2. The maximum atomic E-state index is 10.8. The van der Waals surface area contributed by atoms with Crippen molar-refractivity contribution in [2.45, 2.75) is 26.0 Å². The first-order chi connectivity index (χ1) is 14.1. The van der Waals surface area contributed by atoms with Crippen LogP contribution in [0.1, 0.15) is 19.4 Å². The zero-order valence-corrected chi connectivity index (χ0v) is 20.1. The van der Waals surface area contributed by atoms with Crippen LogP contribution in [0, 0.1) is 0 Å². The first-order valence-corrected chi connectivity index (χ1v) is 10.2. The summed E-state index contributed by atoms with van der Waals surface area (Å²) in [5, 5.41) is 21.6. The van der Waals surface area contributed by atoms with Gasteiger partial charge < -0.3 is 20.5 Å². The van der Waals surface area contributed by atoms with Crippen LogP contribution in [0.5, 0.6) is 0 Å². The molecule has 1 aliphatic rings. The van der Waals surface area contributed by atoms with Crippen molar-refractivity contribution in [2.75, 3.05) is 45.9 Å². The molecule has 0 aliphatic carbocycles. The van der Waals surface area contributed by atoms with Gasteiger partial charge in [0.15, 0.2) is 5.96 Å². The molecule has 0 spiro atoms. The van der Waals surface area contributed by atoms with E-state index in [1.54, 1.807) is 6.20 Å². The molecule has 0 saturated carbocycles. The minimum Gasteiger partial charge on any atom is -0.387 e. The zero-order valence-electron chi connectivity index (χ0n) is 17.8. The number of morpholine rings is 1. The van der Waals surface area contributed by atoms with Crippen molar-refractivity contribution in [2.24, 2.45) is 4.99 Å². The third-order valence-electron chi connectivity index (χ3n) is 4.75. The first kappa shape index (κ1) is 24.6. The van der Waals surface area contributed by atoms with Gasteiger partial charge in [-0.3, -0.25) is 4.90 Å². The summed E-state index contributed by atoms with van der Waals surface area (Å²) in [6.07, 6.45) is 3.69. The summed E-state index contributed by atoms with van der Waals surface area (Å²) in [4.78, 5) is 6.91. The number of guanidine groups is 1. The Labute approximate surface area is 195 Å². The number of aromatic nitrogens is 2. The Morgan fingerprint density at radius 1 is 1.27 bits per heavy atom. The van der Waals surface area contributed by atoms with E-state index in [0.717, 1.165) is 44.1 Å². The lowest BCUT2D eigenvalue weighted by atomic mass is 10.1. The van der Waals surface area contributed by atoms with Crippen LogP contribution in [0.3, 0.4) is 0 Å². The molecule has 3 N–H and O–H groups in total. The minimum absolute atomic E-state index is 0. The smallest absolute Gasteiger partial charge is 0.191 e. The lowest BCUT2D eigenvalue weighted by Crippen LogP contribution is -2.52. The molecule has 0 radical (unpaired) electrons. The Kier molecular flexibility index (Phi) is 10.0. The molecule has 1 saturated heterocycles. The molecule has 1 aromatic heterocycles. The fraction of sp³-hybridized carbons (Fsp3) is 0.524. The standard InChI is InChI=1S/C21H32N6O2.HI/c1-3-22-20(24-16-21(2,28)17-26-10-12-29-13-11-26)23-15-18-6-4-7-19(14-18)27-9-5-8-25-27;/h4-9,14,28H,3,10-13,15-17H2,1-2H3,(H2,22,23,24);1H. The van der Waals surface area contributed by atoms with Gasteiger partial charge in [-0.25, -0.2) is 9.67 Å². The van der Waals surface area contributed by atoms with Crippen LogP contribution >= 0.6 is 24.0 Å². The van der Waals surface area contributed by atoms with Gasteiger partial charge in [0.2, 0.25) is 0 Å². The van der Waals surface area contributed by atoms with Crippen LogP contribution in [0.25, 0.3) is 5.69 Å². The van der Waals surface area contributed by atoms with E-state index in [1.807, 2.05) is 42.9 Å². The van der Waals surface area contributed by atoms with Crippen molar-refractivity contribution in [1.29, 1.82) is 0 Å². The highest BCUT2D eigenvalue weighted by Gasteiger charge is 2.25. The monoisotopic (exact) mass is 528 g/mol. The van der Waals surface area contributed by atoms with Crippen molar-refractivity contribution >= 4 is 29.9 Å². The summed E-state index contributed by atoms with van der Waals surface area (Å²) in [6.45, 7) is 9.37. The third-order valence-corrected chi connectivity index (χ3v) is 4.75. The van der Waals surface area contributed by atoms with E-state index in [0.29, 0.717) is 25.6 Å². The fourth-order valence-electron chi connectivity index (χ4n) is 3.30. The van der Waals surface area contributed by atoms with E-state index in [9.17, 15) is 5.11 Å². The van der Waals surface area contributed by atoms with Gasteiger partial charge in [0.25, 0.3) is 0 Å². The molecule has 2 aromatic rings. The quantitative estimate of drug-likeness (QED) is 0.275. The highest BCUT2D eigenvalue weighted by Crippen LogP contribution is 2.11. The largest absolute Gasteiger partial charge is 0.387 e. The SMILES string of the molecule is CCNC(=NCc1cccc(-n2cccn2)c1)NCC(C)(O)CN1CCOCC1.I. The number of rotatable bonds is 8. The van der Waals surface area contributed by atoms with Gasteiger partial charge in [-0.05, 0) is 37.6 Å². The predicted octanol–water partition coefficient (Wildman–Crippen LogP) is 1.63. The van der Waals surface area contributed by atoms with E-state index in [1.165, 1.54) is 0 Å². The zero-order chi connectivity index (χ0) is 20.5. The summed E-state index contributed by atoms with van der Waals surface area (Å²) in [6, 6.07) is 10.1. The normalized spacial score (nSPS) is 17.1. The predicted molar refractivity (Wildman–Crippen MR) is 130 cm³/mol. The van der Waals surface area contributed by atoms with E-state index < -0.39 is 5.60 Å². The second kappa shape index (κ2) is 12.2. The summed E-state index contributed by atoms with van der Waals surface area (Å²) in [5.74, 6) is 0.694. The van der Waals surface area contributed by atoms with Gasteiger partial charge in [-0.2, -0.15) is 5.10 Å². The number of nitrogens with zero attached hydrogens (tertiary/aromatic N) is 4. The van der Waals surface area contributed by atoms with Crippen LogP contribution in [0.4, 0.5) is 0 Å². The van der Waals surface area contributed by atoms with Crippen molar-refractivity contribution in [3.05, 3.63) is 48.3 Å². The molecular weight excluding hydrogens is 495 g/mol. The molecule has 1 fully saturated rings. The minimum atomic E-state index is -0.854. The van der Waals surface area contributed by atoms with E-state index in [-0.39, 0.29) is 24.0 Å². The molecular formula is C21H33IN6O2. The lowest BCUT2D eigenvalue weighted by molar-refractivity contribution is -0.0201. The highest BCUT2D eigenvalue weighted by atomic mass is 127. The molecule has 1 unspecified atom stereocenters. The molecule has 0 bridgehead atoms. The maximum absolute atomic E-state index is 10.8. The van der Waals surface area contributed by atoms with E-state index in [4.69, 9.17) is 4.74 Å². The Balaban J connectivity index is 0.00000320. The van der Waals surface area contributed by atoms with Gasteiger partial charge in [-0.15, -0.1) is 24.0 Å². The number of halogens is 1. The Morgan fingerprint density at radius 2 is 2.07 bits per heavy atom. The van der Waals surface area contributed by atoms with Crippen molar-refractivity contribution in [3.63, 3.8) is 0 Å². The summed E-state index contributed by atoms with van der Waals surface area (Å²) >= 11 is 0. The average Bonchev–Trinajstić information content (AvgIpc) is 3.26. The van der Waals surface area contributed by atoms with Crippen LogP contribution in [0.2, 0.25) is 0 Å². The summed E-state index contributed by atoms with van der Waals surface area (Å²) < 4.78 is 7.21. The maximum Gasteiger partial charge on any atom is 0.191 e. The number of hydrogen-bond acceptors (Lipinski definition) is 5. The van der Waals surface area contributed by atoms with Crippen molar-refractivity contribution in [1.82, 2.24) is 25.3 Å². The molecule has 30 heavy (non-hydrogen) atoms. The number of aliphatic hydroxyl groups is 1. The lowest BCUT2D eigenvalue weighted by Gasteiger charge is -2.34.